The van der Waals surface area contributed by atoms with Gasteiger partial charge in [-0.15, -0.1) is 0 Å². The number of fused-ring (bicyclic) bond motifs is 2. The molecule has 1 atom stereocenters. The van der Waals surface area contributed by atoms with Crippen LogP contribution in [0.25, 0.3) is 5.70 Å². The molecule has 0 aromatic heterocycles. The summed E-state index contributed by atoms with van der Waals surface area (Å²) in [5, 5.41) is 3.29. The molecule has 0 bridgehead atoms. The number of dihydropyridines is 1. The molecule has 0 saturated heterocycles. The van der Waals surface area contributed by atoms with Crippen molar-refractivity contribution in [2.45, 2.75) is 19.8 Å². The topological polar surface area (TPSA) is 55.4 Å². The van der Waals surface area contributed by atoms with Crippen LogP contribution >= 0.6 is 15.9 Å². The Bertz CT molecular complexity index is 1040. The van der Waals surface area contributed by atoms with Crippen molar-refractivity contribution in [1.29, 1.82) is 0 Å². The molecule has 27 heavy (non-hydrogen) atoms. The van der Waals surface area contributed by atoms with Gasteiger partial charge in [0.25, 0.3) is 0 Å². The van der Waals surface area contributed by atoms with E-state index in [-0.39, 0.29) is 12.4 Å². The minimum Gasteiger partial charge on any atom is -0.463 e. The van der Waals surface area contributed by atoms with E-state index in [0.717, 1.165) is 21.3 Å². The van der Waals surface area contributed by atoms with E-state index in [1.165, 1.54) is 0 Å². The molecule has 2 aromatic rings. The number of hydrogen-bond donors (Lipinski definition) is 1. The Kier molecular flexibility index (Phi) is 4.48. The number of halogens is 1. The standard InChI is InChI=1S/C22H18BrNO3/c1-3-27-22(26)17-12(2)24-20-15-9-4-5-10-16(15)21(25)19(20)18(17)13-7-6-8-14(23)11-13/h4-11,18,24H,3H2,1-2H3. The van der Waals surface area contributed by atoms with Gasteiger partial charge >= 0.3 is 5.97 Å². The number of Topliss-reactive ketones (excluding diaryl/α,β-unsaturated/α-hetero) is 1. The zero-order valence-corrected chi connectivity index (χ0v) is 16.6. The quantitative estimate of drug-likeness (QED) is 0.733. The first-order valence-electron chi connectivity index (χ1n) is 8.81. The van der Waals surface area contributed by atoms with Crippen molar-refractivity contribution in [3.8, 4) is 0 Å². The molecule has 1 unspecified atom stereocenters. The van der Waals surface area contributed by atoms with Crippen LogP contribution in [0.3, 0.4) is 0 Å². The number of nitrogens with one attached hydrogen (secondary N) is 1. The summed E-state index contributed by atoms with van der Waals surface area (Å²) in [6.45, 7) is 3.91. The van der Waals surface area contributed by atoms with Crippen LogP contribution in [-0.2, 0) is 9.53 Å². The highest BCUT2D eigenvalue weighted by atomic mass is 79.9. The van der Waals surface area contributed by atoms with Crippen LogP contribution in [0, 0.1) is 0 Å². The van der Waals surface area contributed by atoms with Crippen molar-refractivity contribution in [3.05, 3.63) is 86.5 Å². The molecule has 0 saturated carbocycles. The minimum absolute atomic E-state index is 0.0487. The summed E-state index contributed by atoms with van der Waals surface area (Å²) in [6, 6.07) is 15.3. The largest absolute Gasteiger partial charge is 0.463 e. The van der Waals surface area contributed by atoms with E-state index in [1.807, 2.05) is 55.5 Å². The maximum atomic E-state index is 13.2. The molecule has 2 aromatic carbocycles. The average molecular weight is 424 g/mol. The molecule has 1 heterocycles. The SMILES string of the molecule is CCOC(=O)C1=C(C)NC2=C(C(=O)c3ccccc32)C1c1cccc(Br)c1. The third kappa shape index (κ3) is 2.82. The zero-order valence-electron chi connectivity index (χ0n) is 15.0. The summed E-state index contributed by atoms with van der Waals surface area (Å²) < 4.78 is 6.21. The van der Waals surface area contributed by atoms with Crippen LogP contribution in [0.4, 0.5) is 0 Å². The van der Waals surface area contributed by atoms with Crippen molar-refractivity contribution < 1.29 is 14.3 Å². The Hall–Kier alpha value is -2.66. The normalized spacial score (nSPS) is 18.2. The molecule has 1 aliphatic heterocycles. The number of esters is 1. The maximum absolute atomic E-state index is 13.2. The number of ether oxygens (including phenoxy) is 1. The Morgan fingerprint density at radius 1 is 1.15 bits per heavy atom. The summed E-state index contributed by atoms with van der Waals surface area (Å²) in [6.07, 6.45) is 0. The van der Waals surface area contributed by atoms with Crippen LogP contribution in [0.1, 0.15) is 41.3 Å². The fourth-order valence-corrected chi connectivity index (χ4v) is 4.24. The van der Waals surface area contributed by atoms with Gasteiger partial charge in [0, 0.05) is 32.8 Å². The van der Waals surface area contributed by atoms with E-state index >= 15 is 0 Å². The summed E-state index contributed by atoms with van der Waals surface area (Å²) >= 11 is 3.50. The van der Waals surface area contributed by atoms with Gasteiger partial charge in [0.2, 0.25) is 0 Å². The third-order valence-electron chi connectivity index (χ3n) is 4.93. The fourth-order valence-electron chi connectivity index (χ4n) is 3.83. The lowest BCUT2D eigenvalue weighted by atomic mass is 9.80. The predicted octanol–water partition coefficient (Wildman–Crippen LogP) is 4.58. The molecule has 0 amide bonds. The molecule has 2 aliphatic rings. The van der Waals surface area contributed by atoms with Crippen molar-refractivity contribution in [3.63, 3.8) is 0 Å². The first-order chi connectivity index (χ1) is 13.0. The molecule has 0 radical (unpaired) electrons. The van der Waals surface area contributed by atoms with Crippen molar-refractivity contribution in [2.75, 3.05) is 6.61 Å². The lowest BCUT2D eigenvalue weighted by molar-refractivity contribution is -0.138. The third-order valence-corrected chi connectivity index (χ3v) is 5.42. The molecule has 4 nitrogen and oxygen atoms in total. The van der Waals surface area contributed by atoms with Crippen LogP contribution in [0.5, 0.6) is 0 Å². The highest BCUT2D eigenvalue weighted by Gasteiger charge is 2.42. The van der Waals surface area contributed by atoms with Crippen LogP contribution in [-0.4, -0.2) is 18.4 Å². The van der Waals surface area contributed by atoms with Crippen LogP contribution < -0.4 is 5.32 Å². The van der Waals surface area contributed by atoms with E-state index in [9.17, 15) is 9.59 Å². The van der Waals surface area contributed by atoms with Crippen molar-refractivity contribution >= 4 is 33.4 Å². The van der Waals surface area contributed by atoms with Gasteiger partial charge < -0.3 is 10.1 Å². The first kappa shape index (κ1) is 17.7. The second-order valence-electron chi connectivity index (χ2n) is 6.54. The number of rotatable bonds is 3. The molecule has 136 valence electrons. The summed E-state index contributed by atoms with van der Waals surface area (Å²) in [5.74, 6) is -0.923. The van der Waals surface area contributed by atoms with Gasteiger partial charge in [0.1, 0.15) is 0 Å². The van der Waals surface area contributed by atoms with Crippen LogP contribution in [0.2, 0.25) is 0 Å². The zero-order chi connectivity index (χ0) is 19.1. The predicted molar refractivity (Wildman–Crippen MR) is 107 cm³/mol. The second kappa shape index (κ2) is 6.82. The van der Waals surface area contributed by atoms with Gasteiger partial charge in [-0.05, 0) is 31.5 Å². The highest BCUT2D eigenvalue weighted by molar-refractivity contribution is 9.10. The monoisotopic (exact) mass is 423 g/mol. The van der Waals surface area contributed by atoms with E-state index in [2.05, 4.69) is 21.2 Å². The Morgan fingerprint density at radius 3 is 2.59 bits per heavy atom. The van der Waals surface area contributed by atoms with Gasteiger partial charge in [0.15, 0.2) is 5.78 Å². The van der Waals surface area contributed by atoms with Gasteiger partial charge in [0.05, 0.1) is 17.9 Å². The summed E-state index contributed by atoms with van der Waals surface area (Å²) in [5.41, 5.74) is 4.99. The molecular formula is C22H18BrNO3. The van der Waals surface area contributed by atoms with Gasteiger partial charge in [-0.2, -0.15) is 0 Å². The number of benzene rings is 2. The molecule has 1 N–H and O–H groups in total. The molecule has 0 spiro atoms. The maximum Gasteiger partial charge on any atom is 0.336 e. The average Bonchev–Trinajstić information content (AvgIpc) is 2.93. The lowest BCUT2D eigenvalue weighted by Gasteiger charge is -2.29. The molecule has 5 heteroatoms. The Labute approximate surface area is 166 Å². The van der Waals surface area contributed by atoms with Gasteiger partial charge in [-0.25, -0.2) is 4.79 Å². The highest BCUT2D eigenvalue weighted by Crippen LogP contribution is 2.46. The van der Waals surface area contributed by atoms with E-state index < -0.39 is 11.9 Å². The Morgan fingerprint density at radius 2 is 1.89 bits per heavy atom. The van der Waals surface area contributed by atoms with E-state index in [0.29, 0.717) is 22.4 Å². The van der Waals surface area contributed by atoms with Gasteiger partial charge in [-0.1, -0.05) is 52.3 Å². The van der Waals surface area contributed by atoms with Crippen LogP contribution in [0.15, 0.2) is 69.8 Å². The van der Waals surface area contributed by atoms with Crippen molar-refractivity contribution in [2.24, 2.45) is 0 Å². The van der Waals surface area contributed by atoms with Crippen molar-refractivity contribution in [1.82, 2.24) is 5.32 Å². The summed E-state index contributed by atoms with van der Waals surface area (Å²) in [7, 11) is 0. The van der Waals surface area contributed by atoms with E-state index in [1.54, 1.807) is 6.92 Å². The second-order valence-corrected chi connectivity index (χ2v) is 7.45. The molecule has 1 aliphatic carbocycles. The summed E-state index contributed by atoms with van der Waals surface area (Å²) in [4.78, 5) is 26.0. The molecule has 4 rings (SSSR count). The number of carbonyl (C=O) groups excluding carboxylic acids is 2. The number of carbonyl (C=O) groups is 2. The lowest BCUT2D eigenvalue weighted by Crippen LogP contribution is -2.29. The smallest absolute Gasteiger partial charge is 0.336 e. The molecule has 0 fully saturated rings. The van der Waals surface area contributed by atoms with E-state index in [4.69, 9.17) is 4.74 Å². The van der Waals surface area contributed by atoms with Gasteiger partial charge in [-0.3, -0.25) is 4.79 Å². The number of hydrogen-bond acceptors (Lipinski definition) is 4. The first-order valence-corrected chi connectivity index (χ1v) is 9.60. The number of ketones is 1. The number of allylic oxidation sites excluding steroid dienone is 2. The fraction of sp³-hybridized carbons (Fsp3) is 0.182. The minimum atomic E-state index is -0.474. The Balaban J connectivity index is 1.94. The molecular weight excluding hydrogens is 406 g/mol.